The zero-order valence-electron chi connectivity index (χ0n) is 20.3. The Kier molecular flexibility index (Phi) is 6.75. The van der Waals surface area contributed by atoms with Crippen LogP contribution in [0.3, 0.4) is 0 Å². The first-order valence-corrected chi connectivity index (χ1v) is 13.4. The maximum atomic E-state index is 3.67. The van der Waals surface area contributed by atoms with Gasteiger partial charge in [0.05, 0.1) is 0 Å². The number of fused-ring (bicyclic) bond motifs is 3. The lowest BCUT2D eigenvalue weighted by atomic mass is 9.81. The molecule has 0 aromatic heterocycles. The van der Waals surface area contributed by atoms with E-state index in [9.17, 15) is 0 Å². The van der Waals surface area contributed by atoms with Crippen molar-refractivity contribution in [2.24, 2.45) is 0 Å². The topological polar surface area (TPSA) is 0 Å². The van der Waals surface area contributed by atoms with Gasteiger partial charge in [-0.3, -0.25) is 0 Å². The molecule has 5 rings (SSSR count). The van der Waals surface area contributed by atoms with Crippen LogP contribution in [-0.4, -0.2) is 0 Å². The highest BCUT2D eigenvalue weighted by molar-refractivity contribution is 9.10. The van der Waals surface area contributed by atoms with Crippen LogP contribution in [0, 0.1) is 0 Å². The van der Waals surface area contributed by atoms with Gasteiger partial charge in [0.25, 0.3) is 0 Å². The standard InChI is InChI=1S/C33H33Br/c1-33(2)31-22-27(17-19-29(31)30-20-18-28(34)23-32(30)33)26-16-10-15-25(21-26)14-7-4-3-6-11-24-12-8-5-9-13-24/h5,8-10,12-13,15-23H,3-4,6-7,11,14H2,1-2H3. The fourth-order valence-corrected chi connectivity index (χ4v) is 5.81. The monoisotopic (exact) mass is 508 g/mol. The van der Waals surface area contributed by atoms with E-state index in [0.717, 1.165) is 10.9 Å². The van der Waals surface area contributed by atoms with Gasteiger partial charge in [0.1, 0.15) is 0 Å². The van der Waals surface area contributed by atoms with Crippen molar-refractivity contribution in [2.75, 3.05) is 0 Å². The van der Waals surface area contributed by atoms with Gasteiger partial charge in [0.15, 0.2) is 0 Å². The molecule has 172 valence electrons. The summed E-state index contributed by atoms with van der Waals surface area (Å²) in [5.74, 6) is 0. The summed E-state index contributed by atoms with van der Waals surface area (Å²) in [6, 6.07) is 33.8. The molecule has 0 atom stereocenters. The van der Waals surface area contributed by atoms with Crippen LogP contribution in [0.4, 0.5) is 0 Å². The molecule has 0 nitrogen and oxygen atoms in total. The molecule has 0 unspecified atom stereocenters. The number of hydrogen-bond donors (Lipinski definition) is 0. The highest BCUT2D eigenvalue weighted by Crippen LogP contribution is 2.50. The second-order valence-corrected chi connectivity index (χ2v) is 11.1. The molecule has 4 aromatic carbocycles. The molecule has 0 bridgehead atoms. The molecular formula is C33H33Br. The van der Waals surface area contributed by atoms with Crippen molar-refractivity contribution in [3.63, 3.8) is 0 Å². The Morgan fingerprint density at radius 1 is 0.559 bits per heavy atom. The smallest absolute Gasteiger partial charge is 0.0178 e. The van der Waals surface area contributed by atoms with E-state index in [-0.39, 0.29) is 5.41 Å². The van der Waals surface area contributed by atoms with Gasteiger partial charge in [-0.2, -0.15) is 0 Å². The third-order valence-electron chi connectivity index (χ3n) is 7.42. The number of aryl methyl sites for hydroxylation is 2. The van der Waals surface area contributed by atoms with Crippen molar-refractivity contribution in [3.05, 3.63) is 118 Å². The zero-order chi connectivity index (χ0) is 23.5. The first-order chi connectivity index (χ1) is 16.5. The normalized spacial score (nSPS) is 13.5. The Hall–Kier alpha value is -2.64. The van der Waals surface area contributed by atoms with Crippen molar-refractivity contribution >= 4 is 15.9 Å². The number of benzene rings is 4. The van der Waals surface area contributed by atoms with E-state index in [0.29, 0.717) is 0 Å². The molecular weight excluding hydrogens is 476 g/mol. The number of unbranched alkanes of at least 4 members (excludes halogenated alkanes) is 3. The Labute approximate surface area is 213 Å². The molecule has 1 aliphatic carbocycles. The first-order valence-electron chi connectivity index (χ1n) is 12.6. The molecule has 0 saturated carbocycles. The average Bonchev–Trinajstić information content (AvgIpc) is 3.08. The van der Waals surface area contributed by atoms with E-state index in [1.54, 1.807) is 0 Å². The van der Waals surface area contributed by atoms with E-state index in [4.69, 9.17) is 0 Å². The van der Waals surface area contributed by atoms with Crippen LogP contribution in [0.15, 0.2) is 95.5 Å². The Bertz CT molecular complexity index is 1280. The predicted octanol–water partition coefficient (Wildman–Crippen LogP) is 9.77. The summed E-state index contributed by atoms with van der Waals surface area (Å²) in [7, 11) is 0. The van der Waals surface area contributed by atoms with E-state index in [1.165, 1.54) is 76.6 Å². The van der Waals surface area contributed by atoms with Gasteiger partial charge < -0.3 is 0 Å². The minimum atomic E-state index is 0.0157. The number of halogens is 1. The predicted molar refractivity (Wildman–Crippen MR) is 149 cm³/mol. The lowest BCUT2D eigenvalue weighted by Crippen LogP contribution is -2.15. The molecule has 0 saturated heterocycles. The SMILES string of the molecule is CC1(C)c2cc(Br)ccc2-c2ccc(-c3cccc(CCCCCCc4ccccc4)c3)cc21. The molecule has 0 N–H and O–H groups in total. The average molecular weight is 510 g/mol. The quantitative estimate of drug-likeness (QED) is 0.207. The molecule has 4 aromatic rings. The van der Waals surface area contributed by atoms with Gasteiger partial charge >= 0.3 is 0 Å². The molecule has 0 fully saturated rings. The molecule has 0 spiro atoms. The summed E-state index contributed by atoms with van der Waals surface area (Å²) in [4.78, 5) is 0. The van der Waals surface area contributed by atoms with Crippen molar-refractivity contribution < 1.29 is 0 Å². The minimum absolute atomic E-state index is 0.0157. The molecule has 34 heavy (non-hydrogen) atoms. The van der Waals surface area contributed by atoms with Crippen LogP contribution in [0.5, 0.6) is 0 Å². The summed E-state index contributed by atoms with van der Waals surface area (Å²) in [5, 5.41) is 0. The molecule has 0 amide bonds. The maximum Gasteiger partial charge on any atom is 0.0178 e. The van der Waals surface area contributed by atoms with Crippen LogP contribution in [-0.2, 0) is 18.3 Å². The van der Waals surface area contributed by atoms with E-state index < -0.39 is 0 Å². The van der Waals surface area contributed by atoms with Crippen molar-refractivity contribution in [2.45, 2.75) is 57.8 Å². The van der Waals surface area contributed by atoms with Crippen LogP contribution >= 0.6 is 15.9 Å². The maximum absolute atomic E-state index is 3.67. The Morgan fingerprint density at radius 2 is 1.18 bits per heavy atom. The Morgan fingerprint density at radius 3 is 1.94 bits per heavy atom. The molecule has 0 heterocycles. The van der Waals surface area contributed by atoms with Crippen LogP contribution in [0.1, 0.15) is 61.8 Å². The van der Waals surface area contributed by atoms with E-state index in [2.05, 4.69) is 121 Å². The van der Waals surface area contributed by atoms with Gasteiger partial charge in [-0.1, -0.05) is 115 Å². The van der Waals surface area contributed by atoms with Crippen LogP contribution < -0.4 is 0 Å². The summed E-state index contributed by atoms with van der Waals surface area (Å²) < 4.78 is 1.15. The molecule has 1 aliphatic rings. The van der Waals surface area contributed by atoms with Gasteiger partial charge in [-0.15, -0.1) is 0 Å². The third kappa shape index (κ3) is 4.77. The van der Waals surface area contributed by atoms with Crippen molar-refractivity contribution in [1.82, 2.24) is 0 Å². The van der Waals surface area contributed by atoms with Crippen molar-refractivity contribution in [1.29, 1.82) is 0 Å². The van der Waals surface area contributed by atoms with Crippen molar-refractivity contribution in [3.8, 4) is 22.3 Å². The molecule has 0 aliphatic heterocycles. The summed E-state index contributed by atoms with van der Waals surface area (Å²) >= 11 is 3.67. The van der Waals surface area contributed by atoms with Gasteiger partial charge in [0, 0.05) is 9.89 Å². The van der Waals surface area contributed by atoms with Gasteiger partial charge in [-0.25, -0.2) is 0 Å². The second kappa shape index (κ2) is 9.92. The summed E-state index contributed by atoms with van der Waals surface area (Å²) in [5.41, 5.74) is 11.2. The molecule has 1 heteroatoms. The van der Waals surface area contributed by atoms with Crippen LogP contribution in [0.2, 0.25) is 0 Å². The highest BCUT2D eigenvalue weighted by atomic mass is 79.9. The number of hydrogen-bond acceptors (Lipinski definition) is 0. The molecule has 0 radical (unpaired) electrons. The first kappa shape index (κ1) is 23.1. The third-order valence-corrected chi connectivity index (χ3v) is 7.92. The highest BCUT2D eigenvalue weighted by Gasteiger charge is 2.35. The second-order valence-electron chi connectivity index (χ2n) is 10.2. The summed E-state index contributed by atoms with van der Waals surface area (Å²) in [6.07, 6.45) is 7.53. The van der Waals surface area contributed by atoms with Gasteiger partial charge in [0.2, 0.25) is 0 Å². The van der Waals surface area contributed by atoms with E-state index >= 15 is 0 Å². The largest absolute Gasteiger partial charge is 0.0622 e. The lowest BCUT2D eigenvalue weighted by Gasteiger charge is -2.22. The van der Waals surface area contributed by atoms with Gasteiger partial charge in [-0.05, 0) is 88.4 Å². The minimum Gasteiger partial charge on any atom is -0.0622 e. The Balaban J connectivity index is 1.24. The fraction of sp³-hybridized carbons (Fsp3) is 0.273. The van der Waals surface area contributed by atoms with E-state index in [1.807, 2.05) is 0 Å². The lowest BCUT2D eigenvalue weighted by molar-refractivity contribution is 0.640. The fourth-order valence-electron chi connectivity index (χ4n) is 5.45. The van der Waals surface area contributed by atoms with Crippen LogP contribution in [0.25, 0.3) is 22.3 Å². The number of rotatable bonds is 8. The summed E-state index contributed by atoms with van der Waals surface area (Å²) in [6.45, 7) is 4.70. The zero-order valence-corrected chi connectivity index (χ0v) is 21.9.